The summed E-state index contributed by atoms with van der Waals surface area (Å²) in [6.07, 6.45) is -6.06. The number of hydrogen-bond acceptors (Lipinski definition) is 3. The Morgan fingerprint density at radius 3 is 2.33 bits per heavy atom. The third-order valence-electron chi connectivity index (χ3n) is 2.38. The molecule has 0 bridgehead atoms. The van der Waals surface area contributed by atoms with Gasteiger partial charge in [0, 0.05) is 6.07 Å². The van der Waals surface area contributed by atoms with Crippen LogP contribution in [0, 0.1) is 5.82 Å². The van der Waals surface area contributed by atoms with Crippen molar-refractivity contribution in [2.24, 2.45) is 0 Å². The van der Waals surface area contributed by atoms with Gasteiger partial charge in [0.05, 0.1) is 5.56 Å². The number of carbonyl (C=O) groups excluding carboxylic acids is 1. The Kier molecular flexibility index (Phi) is 4.11. The van der Waals surface area contributed by atoms with Gasteiger partial charge in [0.15, 0.2) is 0 Å². The summed E-state index contributed by atoms with van der Waals surface area (Å²) in [4.78, 5) is 11.4. The van der Waals surface area contributed by atoms with Crippen LogP contribution in [0.4, 0.5) is 22.4 Å². The molecule has 0 aliphatic heterocycles. The predicted molar refractivity (Wildman–Crippen MR) is 64.5 cm³/mol. The van der Waals surface area contributed by atoms with E-state index in [0.29, 0.717) is 0 Å². The van der Waals surface area contributed by atoms with Crippen LogP contribution in [0.3, 0.4) is 0 Å². The zero-order valence-corrected chi connectivity index (χ0v) is 10.4. The highest BCUT2D eigenvalue weighted by atomic mass is 19.4. The van der Waals surface area contributed by atoms with Crippen molar-refractivity contribution in [3.05, 3.63) is 59.9 Å². The summed E-state index contributed by atoms with van der Waals surface area (Å²) in [5.41, 5.74) is -1.11. The molecule has 0 N–H and O–H groups in total. The van der Waals surface area contributed by atoms with Crippen LogP contribution in [0.25, 0.3) is 0 Å². The van der Waals surface area contributed by atoms with Gasteiger partial charge in [-0.2, -0.15) is 13.2 Å². The molecule has 2 rings (SSSR count). The highest BCUT2D eigenvalue weighted by molar-refractivity contribution is 5.67. The Hall–Kier alpha value is -2.57. The van der Waals surface area contributed by atoms with Gasteiger partial charge < -0.3 is 9.47 Å². The van der Waals surface area contributed by atoms with Crippen molar-refractivity contribution in [2.75, 3.05) is 0 Å². The molecule has 3 nitrogen and oxygen atoms in total. The number of halogens is 4. The first-order valence-electron chi connectivity index (χ1n) is 5.68. The second-order valence-corrected chi connectivity index (χ2v) is 3.91. The Morgan fingerprint density at radius 2 is 1.67 bits per heavy atom. The van der Waals surface area contributed by atoms with Gasteiger partial charge in [-0.1, -0.05) is 18.2 Å². The molecule has 0 atom stereocenters. The van der Waals surface area contributed by atoms with E-state index in [2.05, 4.69) is 9.47 Å². The molecule has 2 aromatic carbocycles. The third-order valence-corrected chi connectivity index (χ3v) is 2.38. The standard InChI is InChI=1S/C14H8F4O3/c15-9-4-3-5-10(8-9)20-13(19)21-12-7-2-1-6-11(12)14(16,17)18/h1-8H. The Labute approximate surface area is 116 Å². The maximum absolute atomic E-state index is 12.9. The maximum Gasteiger partial charge on any atom is 0.519 e. The van der Waals surface area contributed by atoms with E-state index in [4.69, 9.17) is 0 Å². The molecule has 0 aromatic heterocycles. The van der Waals surface area contributed by atoms with Gasteiger partial charge in [0.2, 0.25) is 0 Å². The first kappa shape index (κ1) is 14.8. The average molecular weight is 300 g/mol. The molecule has 110 valence electrons. The van der Waals surface area contributed by atoms with Crippen LogP contribution in [0.2, 0.25) is 0 Å². The number of ether oxygens (including phenoxy) is 2. The molecule has 0 amide bonds. The summed E-state index contributed by atoms with van der Waals surface area (Å²) in [5, 5.41) is 0. The second kappa shape index (κ2) is 5.82. The van der Waals surface area contributed by atoms with Crippen molar-refractivity contribution < 1.29 is 31.8 Å². The number of hydrogen-bond donors (Lipinski definition) is 0. The van der Waals surface area contributed by atoms with E-state index in [1.807, 2.05) is 0 Å². The Balaban J connectivity index is 2.14. The van der Waals surface area contributed by atoms with Crippen LogP contribution in [0.1, 0.15) is 5.56 Å². The summed E-state index contributed by atoms with van der Waals surface area (Å²) in [6.45, 7) is 0. The largest absolute Gasteiger partial charge is 0.519 e. The normalized spacial score (nSPS) is 11.0. The fourth-order valence-corrected chi connectivity index (χ4v) is 1.53. The number of carbonyl (C=O) groups is 1. The summed E-state index contributed by atoms with van der Waals surface area (Å²) in [6, 6.07) is 8.75. The fraction of sp³-hybridized carbons (Fsp3) is 0.0714. The summed E-state index contributed by atoms with van der Waals surface area (Å²) < 4.78 is 60.1. The van der Waals surface area contributed by atoms with Crippen LogP contribution < -0.4 is 9.47 Å². The number of benzene rings is 2. The zero-order chi connectivity index (χ0) is 15.5. The molecule has 0 fully saturated rings. The minimum Gasteiger partial charge on any atom is -0.395 e. The van der Waals surface area contributed by atoms with Gasteiger partial charge in [-0.3, -0.25) is 0 Å². The lowest BCUT2D eigenvalue weighted by Gasteiger charge is -2.12. The quantitative estimate of drug-likeness (QED) is 0.468. The van der Waals surface area contributed by atoms with E-state index in [-0.39, 0.29) is 5.75 Å². The highest BCUT2D eigenvalue weighted by Gasteiger charge is 2.34. The number of alkyl halides is 3. The van der Waals surface area contributed by atoms with Crippen molar-refractivity contribution in [1.82, 2.24) is 0 Å². The number of para-hydroxylation sites is 1. The van der Waals surface area contributed by atoms with Crippen molar-refractivity contribution in [3.8, 4) is 11.5 Å². The minimum atomic E-state index is -4.67. The van der Waals surface area contributed by atoms with E-state index >= 15 is 0 Å². The monoisotopic (exact) mass is 300 g/mol. The molecule has 7 heteroatoms. The predicted octanol–water partition coefficient (Wildman–Crippen LogP) is 4.42. The Morgan fingerprint density at radius 1 is 0.952 bits per heavy atom. The molecule has 21 heavy (non-hydrogen) atoms. The van der Waals surface area contributed by atoms with Crippen LogP contribution in [0.5, 0.6) is 11.5 Å². The number of rotatable bonds is 2. The van der Waals surface area contributed by atoms with Gasteiger partial charge in [0.1, 0.15) is 17.3 Å². The molecular formula is C14H8F4O3. The fourth-order valence-electron chi connectivity index (χ4n) is 1.53. The van der Waals surface area contributed by atoms with Gasteiger partial charge in [-0.15, -0.1) is 0 Å². The first-order valence-corrected chi connectivity index (χ1v) is 5.68. The molecule has 0 aliphatic carbocycles. The second-order valence-electron chi connectivity index (χ2n) is 3.91. The average Bonchev–Trinajstić information content (AvgIpc) is 2.37. The van der Waals surface area contributed by atoms with E-state index in [1.54, 1.807) is 0 Å². The molecular weight excluding hydrogens is 292 g/mol. The maximum atomic E-state index is 12.9. The summed E-state index contributed by atoms with van der Waals surface area (Å²) in [5.74, 6) is -1.52. The molecule has 0 aliphatic rings. The van der Waals surface area contributed by atoms with Crippen molar-refractivity contribution >= 4 is 6.16 Å². The lowest BCUT2D eigenvalue weighted by Crippen LogP contribution is -2.17. The summed E-state index contributed by atoms with van der Waals surface area (Å²) in [7, 11) is 0. The van der Waals surface area contributed by atoms with Gasteiger partial charge in [-0.25, -0.2) is 9.18 Å². The third kappa shape index (κ3) is 3.95. The zero-order valence-electron chi connectivity index (χ0n) is 10.4. The van der Waals surface area contributed by atoms with Gasteiger partial charge >= 0.3 is 12.3 Å². The first-order chi connectivity index (χ1) is 9.86. The van der Waals surface area contributed by atoms with Crippen LogP contribution in [-0.4, -0.2) is 6.16 Å². The molecule has 0 radical (unpaired) electrons. The molecule has 0 saturated carbocycles. The SMILES string of the molecule is O=C(Oc1cccc(F)c1)Oc1ccccc1C(F)(F)F. The van der Waals surface area contributed by atoms with E-state index in [1.165, 1.54) is 18.2 Å². The van der Waals surface area contributed by atoms with Crippen LogP contribution in [-0.2, 0) is 6.18 Å². The minimum absolute atomic E-state index is 0.176. The Bertz CT molecular complexity index is 653. The van der Waals surface area contributed by atoms with Crippen molar-refractivity contribution in [2.45, 2.75) is 6.18 Å². The van der Waals surface area contributed by atoms with E-state index in [0.717, 1.165) is 30.3 Å². The van der Waals surface area contributed by atoms with Gasteiger partial charge in [-0.05, 0) is 24.3 Å². The highest BCUT2D eigenvalue weighted by Crippen LogP contribution is 2.36. The van der Waals surface area contributed by atoms with Crippen molar-refractivity contribution in [1.29, 1.82) is 0 Å². The molecule has 0 saturated heterocycles. The molecule has 0 heterocycles. The molecule has 0 unspecified atom stereocenters. The van der Waals surface area contributed by atoms with E-state index < -0.39 is 29.5 Å². The van der Waals surface area contributed by atoms with Crippen LogP contribution in [0.15, 0.2) is 48.5 Å². The molecule has 2 aromatic rings. The molecule has 0 spiro atoms. The lowest BCUT2D eigenvalue weighted by atomic mass is 10.2. The lowest BCUT2D eigenvalue weighted by molar-refractivity contribution is -0.138. The van der Waals surface area contributed by atoms with Crippen molar-refractivity contribution in [3.63, 3.8) is 0 Å². The van der Waals surface area contributed by atoms with Gasteiger partial charge in [0.25, 0.3) is 0 Å². The van der Waals surface area contributed by atoms with Crippen LogP contribution >= 0.6 is 0 Å². The topological polar surface area (TPSA) is 35.5 Å². The smallest absolute Gasteiger partial charge is 0.395 e. The summed E-state index contributed by atoms with van der Waals surface area (Å²) >= 11 is 0. The van der Waals surface area contributed by atoms with E-state index in [9.17, 15) is 22.4 Å².